The van der Waals surface area contributed by atoms with E-state index in [4.69, 9.17) is 15.2 Å². The molecule has 1 aliphatic carbocycles. The highest BCUT2D eigenvalue weighted by molar-refractivity contribution is 5.75. The molecule has 0 aliphatic heterocycles. The van der Waals surface area contributed by atoms with Gasteiger partial charge in [-0.25, -0.2) is 0 Å². The zero-order valence-electron chi connectivity index (χ0n) is 17.1. The second-order valence-electron chi connectivity index (χ2n) is 8.07. The van der Waals surface area contributed by atoms with Gasteiger partial charge >= 0.3 is 5.97 Å². The minimum Gasteiger partial charge on any atom is -0.457 e. The summed E-state index contributed by atoms with van der Waals surface area (Å²) >= 11 is 0. The standard InChI is InChI=1S/C24H31NO3/c1-16(2)20-10-7-11-21(17(3)19-12-13-19)23(20)27-15-28-24(26)22(25)14-18-8-5-4-6-9-18/h4-11,16-17,19,22H,12-15,25H2,1-3H3. The summed E-state index contributed by atoms with van der Waals surface area (Å²) in [6.07, 6.45) is 3.00. The maximum absolute atomic E-state index is 12.3. The number of carbonyl (C=O) groups excluding carboxylic acids is 1. The van der Waals surface area contributed by atoms with E-state index in [9.17, 15) is 4.79 Å². The molecule has 1 fully saturated rings. The summed E-state index contributed by atoms with van der Waals surface area (Å²) in [7, 11) is 0. The van der Waals surface area contributed by atoms with Gasteiger partial charge in [-0.1, -0.05) is 69.3 Å². The molecule has 2 aromatic carbocycles. The minimum absolute atomic E-state index is 0.116. The van der Waals surface area contributed by atoms with Crippen molar-refractivity contribution in [1.29, 1.82) is 0 Å². The molecule has 3 rings (SSSR count). The van der Waals surface area contributed by atoms with Gasteiger partial charge in [-0.15, -0.1) is 0 Å². The SMILES string of the molecule is CC(C)c1cccc(C(C)C2CC2)c1OCOC(=O)C(N)Cc1ccccc1. The predicted octanol–water partition coefficient (Wildman–Crippen LogP) is 4.77. The van der Waals surface area contributed by atoms with Gasteiger partial charge in [0.1, 0.15) is 11.8 Å². The molecule has 0 spiro atoms. The van der Waals surface area contributed by atoms with Crippen LogP contribution in [0.5, 0.6) is 5.75 Å². The largest absolute Gasteiger partial charge is 0.457 e. The fourth-order valence-corrected chi connectivity index (χ4v) is 3.61. The zero-order chi connectivity index (χ0) is 20.1. The molecule has 2 atom stereocenters. The molecule has 1 aliphatic rings. The number of carbonyl (C=O) groups is 1. The van der Waals surface area contributed by atoms with Crippen LogP contribution in [0.2, 0.25) is 0 Å². The third-order valence-electron chi connectivity index (χ3n) is 5.52. The summed E-state index contributed by atoms with van der Waals surface area (Å²) in [6.45, 7) is 6.44. The first-order chi connectivity index (χ1) is 13.5. The van der Waals surface area contributed by atoms with Gasteiger partial charge in [0.05, 0.1) is 0 Å². The monoisotopic (exact) mass is 381 g/mol. The van der Waals surface area contributed by atoms with Crippen molar-refractivity contribution in [2.75, 3.05) is 6.79 Å². The lowest BCUT2D eigenvalue weighted by Crippen LogP contribution is -2.35. The molecule has 150 valence electrons. The smallest absolute Gasteiger partial charge is 0.326 e. The molecule has 0 aromatic heterocycles. The maximum Gasteiger partial charge on any atom is 0.326 e. The van der Waals surface area contributed by atoms with Gasteiger partial charge in [0, 0.05) is 0 Å². The summed E-state index contributed by atoms with van der Waals surface area (Å²) in [4.78, 5) is 12.3. The van der Waals surface area contributed by atoms with Crippen molar-refractivity contribution < 1.29 is 14.3 Å². The van der Waals surface area contributed by atoms with Gasteiger partial charge < -0.3 is 15.2 Å². The number of benzene rings is 2. The maximum atomic E-state index is 12.3. The third kappa shape index (κ3) is 5.14. The van der Waals surface area contributed by atoms with Crippen molar-refractivity contribution in [2.45, 2.75) is 57.9 Å². The molecule has 0 amide bonds. The number of rotatable bonds is 9. The van der Waals surface area contributed by atoms with Crippen molar-refractivity contribution in [3.05, 3.63) is 65.2 Å². The van der Waals surface area contributed by atoms with Crippen molar-refractivity contribution in [1.82, 2.24) is 0 Å². The van der Waals surface area contributed by atoms with Crippen LogP contribution < -0.4 is 10.5 Å². The predicted molar refractivity (Wildman–Crippen MR) is 111 cm³/mol. The molecule has 4 nitrogen and oxygen atoms in total. The Bertz CT molecular complexity index is 784. The van der Waals surface area contributed by atoms with Crippen LogP contribution in [0.25, 0.3) is 0 Å². The van der Waals surface area contributed by atoms with Crippen LogP contribution >= 0.6 is 0 Å². The summed E-state index contributed by atoms with van der Waals surface area (Å²) in [5.41, 5.74) is 9.37. The van der Waals surface area contributed by atoms with Gasteiger partial charge in [0.15, 0.2) is 0 Å². The lowest BCUT2D eigenvalue weighted by molar-refractivity contribution is -0.151. The van der Waals surface area contributed by atoms with Crippen LogP contribution in [0.3, 0.4) is 0 Å². The van der Waals surface area contributed by atoms with Gasteiger partial charge in [0.25, 0.3) is 0 Å². The second-order valence-corrected chi connectivity index (χ2v) is 8.07. The van der Waals surface area contributed by atoms with Gasteiger partial charge in [0.2, 0.25) is 6.79 Å². The van der Waals surface area contributed by atoms with E-state index in [-0.39, 0.29) is 6.79 Å². The van der Waals surface area contributed by atoms with Crippen LogP contribution in [-0.2, 0) is 16.0 Å². The first-order valence-corrected chi connectivity index (χ1v) is 10.2. The zero-order valence-corrected chi connectivity index (χ0v) is 17.1. The first kappa shape index (κ1) is 20.4. The Morgan fingerprint density at radius 1 is 1.04 bits per heavy atom. The summed E-state index contributed by atoms with van der Waals surface area (Å²) in [6, 6.07) is 15.3. The summed E-state index contributed by atoms with van der Waals surface area (Å²) < 4.78 is 11.3. The van der Waals surface area contributed by atoms with E-state index >= 15 is 0 Å². The molecule has 0 saturated heterocycles. The third-order valence-corrected chi connectivity index (χ3v) is 5.52. The summed E-state index contributed by atoms with van der Waals surface area (Å²) in [5, 5.41) is 0. The van der Waals surface area contributed by atoms with E-state index in [1.54, 1.807) is 0 Å². The van der Waals surface area contributed by atoms with Crippen molar-refractivity contribution in [3.63, 3.8) is 0 Å². The highest BCUT2D eigenvalue weighted by atomic mass is 16.7. The number of esters is 1. The molecule has 0 radical (unpaired) electrons. The van der Waals surface area contributed by atoms with Gasteiger partial charge in [-0.05, 0) is 53.7 Å². The second kappa shape index (κ2) is 9.24. The van der Waals surface area contributed by atoms with E-state index < -0.39 is 12.0 Å². The Morgan fingerprint density at radius 2 is 1.71 bits per heavy atom. The van der Waals surface area contributed by atoms with Crippen LogP contribution in [0, 0.1) is 5.92 Å². The highest BCUT2D eigenvalue weighted by Gasteiger charge is 2.31. The van der Waals surface area contributed by atoms with Crippen LogP contribution in [0.4, 0.5) is 0 Å². The fourth-order valence-electron chi connectivity index (χ4n) is 3.61. The Hall–Kier alpha value is -2.33. The first-order valence-electron chi connectivity index (χ1n) is 10.2. The van der Waals surface area contributed by atoms with Crippen molar-refractivity contribution >= 4 is 5.97 Å². The van der Waals surface area contributed by atoms with E-state index in [1.165, 1.54) is 18.4 Å². The average Bonchev–Trinajstić information content (AvgIpc) is 3.53. The Labute approximate surface area is 168 Å². The Morgan fingerprint density at radius 3 is 2.36 bits per heavy atom. The van der Waals surface area contributed by atoms with Crippen LogP contribution in [-0.4, -0.2) is 18.8 Å². The van der Waals surface area contributed by atoms with Crippen LogP contribution in [0.15, 0.2) is 48.5 Å². The van der Waals surface area contributed by atoms with Crippen LogP contribution in [0.1, 0.15) is 62.1 Å². The molecule has 2 aromatic rings. The van der Waals surface area contributed by atoms with E-state index in [0.717, 1.165) is 22.8 Å². The van der Waals surface area contributed by atoms with E-state index in [1.807, 2.05) is 30.3 Å². The molecular formula is C24H31NO3. The Balaban J connectivity index is 1.62. The molecule has 4 heteroatoms. The topological polar surface area (TPSA) is 61.5 Å². The van der Waals surface area contributed by atoms with Crippen molar-refractivity contribution in [2.24, 2.45) is 11.7 Å². The van der Waals surface area contributed by atoms with Gasteiger partial charge in [-0.3, -0.25) is 4.79 Å². The number of ether oxygens (including phenoxy) is 2. The fraction of sp³-hybridized carbons (Fsp3) is 0.458. The lowest BCUT2D eigenvalue weighted by atomic mass is 9.90. The molecule has 2 N–H and O–H groups in total. The quantitative estimate of drug-likeness (QED) is 0.502. The van der Waals surface area contributed by atoms with Crippen molar-refractivity contribution in [3.8, 4) is 5.75 Å². The van der Waals surface area contributed by atoms with E-state index in [2.05, 4.69) is 39.0 Å². The molecule has 0 bridgehead atoms. The average molecular weight is 382 g/mol. The number of para-hydroxylation sites is 1. The molecule has 1 saturated carbocycles. The minimum atomic E-state index is -0.698. The molecule has 0 heterocycles. The van der Waals surface area contributed by atoms with Gasteiger partial charge in [-0.2, -0.15) is 0 Å². The molecule has 28 heavy (non-hydrogen) atoms. The number of nitrogens with two attached hydrogens (primary N) is 1. The molecule has 2 unspecified atom stereocenters. The molecular weight excluding hydrogens is 350 g/mol. The number of hydrogen-bond donors (Lipinski definition) is 1. The van der Waals surface area contributed by atoms with E-state index in [0.29, 0.717) is 18.3 Å². The summed E-state index contributed by atoms with van der Waals surface area (Å²) in [5.74, 6) is 1.93. The normalized spacial score (nSPS) is 15.9. The Kier molecular flexibility index (Phi) is 6.74. The number of hydrogen-bond acceptors (Lipinski definition) is 4. The highest BCUT2D eigenvalue weighted by Crippen LogP contribution is 2.46. The lowest BCUT2D eigenvalue weighted by Gasteiger charge is -2.21.